The van der Waals surface area contributed by atoms with Crippen molar-refractivity contribution < 1.29 is 22.9 Å². The average molecular weight is 522 g/mol. The molecule has 0 saturated carbocycles. The fourth-order valence-electron chi connectivity index (χ4n) is 2.86. The van der Waals surface area contributed by atoms with E-state index in [0.717, 1.165) is 35.2 Å². The second kappa shape index (κ2) is 10.3. The summed E-state index contributed by atoms with van der Waals surface area (Å²) in [5.74, 6) is -2.43. The quantitative estimate of drug-likeness (QED) is 0.247. The van der Waals surface area contributed by atoms with Crippen molar-refractivity contribution in [3.8, 4) is 11.3 Å². The summed E-state index contributed by atoms with van der Waals surface area (Å²) in [5.41, 5.74) is 0.918. The maximum Gasteiger partial charge on any atom is 0.263 e. The Morgan fingerprint density at radius 3 is 2.71 bits per heavy atom. The normalized spacial score (nSPS) is 10.8. The van der Waals surface area contributed by atoms with E-state index in [1.165, 1.54) is 0 Å². The minimum atomic E-state index is -0.876. The highest BCUT2D eigenvalue weighted by molar-refractivity contribution is 8.01. The number of halogens is 3. The van der Waals surface area contributed by atoms with Crippen LogP contribution in [0.3, 0.4) is 0 Å². The van der Waals surface area contributed by atoms with Gasteiger partial charge in [-0.25, -0.2) is 8.78 Å². The Bertz CT molecular complexity index is 1380. The van der Waals surface area contributed by atoms with Crippen molar-refractivity contribution in [2.45, 2.75) is 11.3 Å². The molecule has 0 unspecified atom stereocenters. The molecule has 2 amide bonds. The van der Waals surface area contributed by atoms with Gasteiger partial charge < -0.3 is 9.84 Å². The number of hydrogen-bond acceptors (Lipinski definition) is 8. The summed E-state index contributed by atoms with van der Waals surface area (Å²) in [6.45, 7) is 1.60. The van der Waals surface area contributed by atoms with Crippen molar-refractivity contribution in [2.75, 3.05) is 16.4 Å². The molecule has 4 rings (SSSR count). The lowest BCUT2D eigenvalue weighted by Crippen LogP contribution is -2.15. The molecule has 13 heteroatoms. The SMILES string of the molecule is Cc1onc(-c2ccccc2Cl)c1C(=O)Nc1nnc(SCC(=O)Nc2ccc(F)cc2F)s1. The lowest BCUT2D eigenvalue weighted by Gasteiger charge is -2.05. The maximum absolute atomic E-state index is 13.7. The fourth-order valence-corrected chi connectivity index (χ4v) is 4.63. The molecule has 8 nitrogen and oxygen atoms in total. The van der Waals surface area contributed by atoms with Gasteiger partial charge in [0.05, 0.1) is 16.5 Å². The van der Waals surface area contributed by atoms with Gasteiger partial charge in [0.1, 0.15) is 28.7 Å². The van der Waals surface area contributed by atoms with E-state index in [2.05, 4.69) is 26.0 Å². The second-order valence-corrected chi connectivity index (χ2v) is 9.34. The summed E-state index contributed by atoms with van der Waals surface area (Å²) in [5, 5.41) is 17.4. The zero-order valence-electron chi connectivity index (χ0n) is 17.3. The number of carbonyl (C=O) groups is 2. The van der Waals surface area contributed by atoms with Gasteiger partial charge in [0.15, 0.2) is 4.34 Å². The molecule has 0 aliphatic carbocycles. The number of aromatic nitrogens is 3. The number of carbonyl (C=O) groups excluding carboxylic acids is 2. The summed E-state index contributed by atoms with van der Waals surface area (Å²) in [4.78, 5) is 25.0. The number of rotatable bonds is 7. The highest BCUT2D eigenvalue weighted by Gasteiger charge is 2.24. The van der Waals surface area contributed by atoms with Crippen molar-refractivity contribution in [1.29, 1.82) is 0 Å². The third-order valence-electron chi connectivity index (χ3n) is 4.38. The number of anilines is 2. The van der Waals surface area contributed by atoms with Crippen LogP contribution in [0, 0.1) is 18.6 Å². The molecular formula is C21H14ClF2N5O3S2. The van der Waals surface area contributed by atoms with Crippen LogP contribution in [0.1, 0.15) is 16.1 Å². The standard InChI is InChI=1S/C21H14ClF2N5O3S2/c1-10-17(18(29-32-10)12-4-2-3-5-13(12)22)19(31)26-20-27-28-21(34-20)33-9-16(30)25-15-7-6-11(23)8-14(15)24/h2-8H,9H2,1H3,(H,25,30)(H,26,27,31). The van der Waals surface area contributed by atoms with Crippen LogP contribution in [-0.4, -0.2) is 32.9 Å². The number of nitrogens with zero attached hydrogens (tertiary/aromatic N) is 3. The van der Waals surface area contributed by atoms with Crippen LogP contribution in [0.4, 0.5) is 19.6 Å². The molecule has 4 aromatic rings. The van der Waals surface area contributed by atoms with Gasteiger partial charge in [-0.1, -0.05) is 58.1 Å². The van der Waals surface area contributed by atoms with Gasteiger partial charge in [-0.05, 0) is 25.1 Å². The minimum Gasteiger partial charge on any atom is -0.360 e. The molecule has 0 radical (unpaired) electrons. The molecule has 2 aromatic heterocycles. The van der Waals surface area contributed by atoms with Gasteiger partial charge in [0, 0.05) is 11.6 Å². The smallest absolute Gasteiger partial charge is 0.263 e. The van der Waals surface area contributed by atoms with Gasteiger partial charge in [-0.15, -0.1) is 10.2 Å². The minimum absolute atomic E-state index is 0.0964. The molecule has 0 spiro atoms. The van der Waals surface area contributed by atoms with Crippen molar-refractivity contribution in [3.63, 3.8) is 0 Å². The molecule has 2 N–H and O–H groups in total. The Balaban J connectivity index is 1.39. The van der Waals surface area contributed by atoms with Crippen molar-refractivity contribution in [1.82, 2.24) is 15.4 Å². The van der Waals surface area contributed by atoms with Gasteiger partial charge in [-0.2, -0.15) is 0 Å². The van der Waals surface area contributed by atoms with Gasteiger partial charge in [0.2, 0.25) is 11.0 Å². The highest BCUT2D eigenvalue weighted by atomic mass is 35.5. The van der Waals surface area contributed by atoms with Crippen molar-refractivity contribution in [2.24, 2.45) is 0 Å². The first-order valence-corrected chi connectivity index (χ1v) is 11.7. The molecule has 34 heavy (non-hydrogen) atoms. The Hall–Kier alpha value is -3.35. The van der Waals surface area contributed by atoms with E-state index < -0.39 is 23.4 Å². The number of nitrogens with one attached hydrogen (secondary N) is 2. The van der Waals surface area contributed by atoms with E-state index in [4.69, 9.17) is 16.1 Å². The number of benzene rings is 2. The number of aryl methyl sites for hydroxylation is 1. The monoisotopic (exact) mass is 521 g/mol. The molecular weight excluding hydrogens is 508 g/mol. The van der Waals surface area contributed by atoms with Gasteiger partial charge >= 0.3 is 0 Å². The molecule has 0 fully saturated rings. The summed E-state index contributed by atoms with van der Waals surface area (Å²) < 4.78 is 32.2. The zero-order valence-corrected chi connectivity index (χ0v) is 19.7. The second-order valence-electron chi connectivity index (χ2n) is 6.73. The van der Waals surface area contributed by atoms with E-state index in [-0.39, 0.29) is 22.1 Å². The summed E-state index contributed by atoms with van der Waals surface area (Å²) in [7, 11) is 0. The summed E-state index contributed by atoms with van der Waals surface area (Å²) in [6.07, 6.45) is 0. The first-order chi connectivity index (χ1) is 16.3. The van der Waals surface area contributed by atoms with Crippen LogP contribution in [0.2, 0.25) is 5.02 Å². The molecule has 0 saturated heterocycles. The number of hydrogen-bond donors (Lipinski definition) is 2. The Morgan fingerprint density at radius 1 is 1.15 bits per heavy atom. The van der Waals surface area contributed by atoms with Gasteiger partial charge in [-0.3, -0.25) is 14.9 Å². The maximum atomic E-state index is 13.7. The topological polar surface area (TPSA) is 110 Å². The lowest BCUT2D eigenvalue weighted by atomic mass is 10.1. The zero-order chi connectivity index (χ0) is 24.2. The largest absolute Gasteiger partial charge is 0.360 e. The third-order valence-corrected chi connectivity index (χ3v) is 6.68. The lowest BCUT2D eigenvalue weighted by molar-refractivity contribution is -0.113. The Kier molecular flexibility index (Phi) is 7.20. The number of amides is 2. The molecule has 2 aromatic carbocycles. The van der Waals surface area contributed by atoms with E-state index in [9.17, 15) is 18.4 Å². The predicted octanol–water partition coefficient (Wildman–Crippen LogP) is 5.42. The highest BCUT2D eigenvalue weighted by Crippen LogP contribution is 2.32. The molecule has 0 aliphatic rings. The van der Waals surface area contributed by atoms with Crippen LogP contribution in [0.25, 0.3) is 11.3 Å². The van der Waals surface area contributed by atoms with Crippen LogP contribution >= 0.6 is 34.7 Å². The Labute approximate surface area is 204 Å². The van der Waals surface area contributed by atoms with E-state index in [0.29, 0.717) is 32.4 Å². The molecule has 0 atom stereocenters. The number of thioether (sulfide) groups is 1. The fraction of sp³-hybridized carbons (Fsp3) is 0.0952. The van der Waals surface area contributed by atoms with E-state index >= 15 is 0 Å². The van der Waals surface area contributed by atoms with Crippen molar-refractivity contribution >= 4 is 57.3 Å². The summed E-state index contributed by atoms with van der Waals surface area (Å²) in [6, 6.07) is 9.78. The Morgan fingerprint density at radius 2 is 1.94 bits per heavy atom. The average Bonchev–Trinajstić information content (AvgIpc) is 3.40. The van der Waals surface area contributed by atoms with Crippen LogP contribution < -0.4 is 10.6 Å². The first kappa shape index (κ1) is 23.8. The van der Waals surface area contributed by atoms with E-state index in [1.54, 1.807) is 31.2 Å². The van der Waals surface area contributed by atoms with Crippen LogP contribution in [0.5, 0.6) is 0 Å². The van der Waals surface area contributed by atoms with Crippen LogP contribution in [0.15, 0.2) is 51.3 Å². The molecule has 174 valence electrons. The third kappa shape index (κ3) is 5.41. The summed E-state index contributed by atoms with van der Waals surface area (Å²) >= 11 is 8.32. The van der Waals surface area contributed by atoms with Crippen molar-refractivity contribution in [3.05, 3.63) is 70.4 Å². The predicted molar refractivity (Wildman–Crippen MR) is 125 cm³/mol. The van der Waals surface area contributed by atoms with Gasteiger partial charge in [0.25, 0.3) is 5.91 Å². The molecule has 0 aliphatic heterocycles. The van der Waals surface area contributed by atoms with E-state index in [1.807, 2.05) is 0 Å². The molecule has 2 heterocycles. The molecule has 0 bridgehead atoms. The first-order valence-electron chi connectivity index (χ1n) is 9.55. The van der Waals surface area contributed by atoms with Crippen LogP contribution in [-0.2, 0) is 4.79 Å².